The third-order valence-corrected chi connectivity index (χ3v) is 8.01. The Balaban J connectivity index is 1.48. The van der Waals surface area contributed by atoms with Gasteiger partial charge in [-0.05, 0) is 74.5 Å². The molecule has 156 valence electrons. The van der Waals surface area contributed by atoms with E-state index >= 15 is 0 Å². The van der Waals surface area contributed by atoms with Gasteiger partial charge in [0.25, 0.3) is 5.91 Å². The molecule has 0 saturated carbocycles. The van der Waals surface area contributed by atoms with Crippen LogP contribution in [0.25, 0.3) is 0 Å². The summed E-state index contributed by atoms with van der Waals surface area (Å²) < 4.78 is 25.6. The average molecular weight is 434 g/mol. The number of rotatable bonds is 6. The van der Waals surface area contributed by atoms with Crippen LogP contribution in [0.2, 0.25) is 0 Å². The number of nitrogens with one attached hydrogen (secondary N) is 1. The third-order valence-electron chi connectivity index (χ3n) is 5.76. The number of fused-ring (bicyclic) bond motifs is 1. The number of carbonyl (C=O) groups is 1. The lowest BCUT2D eigenvalue weighted by atomic mass is 10.1. The largest absolute Gasteiger partial charge is 0.350 e. The molecule has 2 aliphatic heterocycles. The smallest absolute Gasteiger partial charge is 0.251 e. The molecule has 1 N–H and O–H groups in total. The SMILES string of the molecule is C[C@H]1Cc2cc(C(=O)NC[C@@H](c3cccs3)N3CCCC3)ccc2N1S(C)(=O)=O. The predicted molar refractivity (Wildman–Crippen MR) is 117 cm³/mol. The molecule has 0 spiro atoms. The Morgan fingerprint density at radius 2 is 2.03 bits per heavy atom. The van der Waals surface area contributed by atoms with Gasteiger partial charge in [0.2, 0.25) is 10.0 Å². The predicted octanol–water partition coefficient (Wildman–Crippen LogP) is 3.03. The van der Waals surface area contributed by atoms with Crippen molar-refractivity contribution in [1.29, 1.82) is 0 Å². The van der Waals surface area contributed by atoms with E-state index in [1.165, 1.54) is 28.3 Å². The topological polar surface area (TPSA) is 69.7 Å². The van der Waals surface area contributed by atoms with E-state index in [9.17, 15) is 13.2 Å². The zero-order chi connectivity index (χ0) is 20.6. The minimum absolute atomic E-state index is 0.112. The minimum atomic E-state index is -3.33. The molecular weight excluding hydrogens is 406 g/mol. The summed E-state index contributed by atoms with van der Waals surface area (Å²) in [4.78, 5) is 16.6. The molecule has 0 unspecified atom stereocenters. The average Bonchev–Trinajstić information content (AvgIpc) is 3.41. The van der Waals surface area contributed by atoms with Gasteiger partial charge in [-0.1, -0.05) is 6.07 Å². The Kier molecular flexibility index (Phi) is 5.68. The second kappa shape index (κ2) is 8.08. The number of anilines is 1. The van der Waals surface area contributed by atoms with Gasteiger partial charge < -0.3 is 5.32 Å². The first-order chi connectivity index (χ1) is 13.8. The maximum Gasteiger partial charge on any atom is 0.251 e. The highest BCUT2D eigenvalue weighted by Gasteiger charge is 2.33. The lowest BCUT2D eigenvalue weighted by Crippen LogP contribution is -2.36. The monoisotopic (exact) mass is 433 g/mol. The van der Waals surface area contributed by atoms with Gasteiger partial charge in [-0.15, -0.1) is 11.3 Å². The van der Waals surface area contributed by atoms with Crippen molar-refractivity contribution >= 4 is 33.0 Å². The summed E-state index contributed by atoms with van der Waals surface area (Å²) in [6.45, 7) is 4.59. The molecule has 2 aromatic rings. The number of benzene rings is 1. The van der Waals surface area contributed by atoms with Crippen LogP contribution in [0, 0.1) is 0 Å². The molecule has 29 heavy (non-hydrogen) atoms. The van der Waals surface area contributed by atoms with Crippen molar-refractivity contribution in [1.82, 2.24) is 10.2 Å². The fourth-order valence-corrected chi connectivity index (χ4v) is 6.61. The number of hydrogen-bond acceptors (Lipinski definition) is 5. The molecule has 2 atom stereocenters. The fourth-order valence-electron chi connectivity index (χ4n) is 4.48. The molecule has 3 heterocycles. The van der Waals surface area contributed by atoms with Crippen molar-refractivity contribution in [2.75, 3.05) is 30.2 Å². The second-order valence-electron chi connectivity index (χ2n) is 7.94. The maximum absolute atomic E-state index is 12.8. The Hall–Kier alpha value is -1.90. The van der Waals surface area contributed by atoms with Crippen molar-refractivity contribution in [3.63, 3.8) is 0 Å². The van der Waals surface area contributed by atoms with Crippen LogP contribution < -0.4 is 9.62 Å². The van der Waals surface area contributed by atoms with E-state index in [0.717, 1.165) is 18.7 Å². The number of carbonyl (C=O) groups excluding carboxylic acids is 1. The third kappa shape index (κ3) is 4.20. The Bertz CT molecular complexity index is 983. The maximum atomic E-state index is 12.8. The summed E-state index contributed by atoms with van der Waals surface area (Å²) in [5, 5.41) is 5.18. The number of hydrogen-bond donors (Lipinski definition) is 1. The Labute approximate surface area is 176 Å². The molecule has 8 heteroatoms. The summed E-state index contributed by atoms with van der Waals surface area (Å²) in [7, 11) is -3.33. The van der Waals surface area contributed by atoms with Crippen LogP contribution in [0.15, 0.2) is 35.7 Å². The Morgan fingerprint density at radius 1 is 1.28 bits per heavy atom. The second-order valence-corrected chi connectivity index (χ2v) is 10.8. The van der Waals surface area contributed by atoms with Crippen LogP contribution in [0.4, 0.5) is 5.69 Å². The van der Waals surface area contributed by atoms with E-state index in [4.69, 9.17) is 0 Å². The number of amides is 1. The van der Waals surface area contributed by atoms with Crippen molar-refractivity contribution in [3.8, 4) is 0 Å². The van der Waals surface area contributed by atoms with Gasteiger partial charge in [0.15, 0.2) is 0 Å². The highest BCUT2D eigenvalue weighted by Crippen LogP contribution is 2.35. The number of nitrogens with zero attached hydrogens (tertiary/aromatic N) is 2. The van der Waals surface area contributed by atoms with Crippen molar-refractivity contribution in [2.24, 2.45) is 0 Å². The molecule has 1 aromatic heterocycles. The van der Waals surface area contributed by atoms with Crippen LogP contribution in [-0.2, 0) is 16.4 Å². The highest BCUT2D eigenvalue weighted by molar-refractivity contribution is 7.92. The molecule has 0 radical (unpaired) electrons. The first kappa shape index (κ1) is 20.4. The summed E-state index contributed by atoms with van der Waals surface area (Å²) in [6.07, 6.45) is 4.25. The molecule has 1 amide bonds. The minimum Gasteiger partial charge on any atom is -0.350 e. The first-order valence-electron chi connectivity index (χ1n) is 10.0. The zero-order valence-corrected chi connectivity index (χ0v) is 18.4. The molecule has 6 nitrogen and oxygen atoms in total. The molecule has 0 aliphatic carbocycles. The first-order valence-corrected chi connectivity index (χ1v) is 12.8. The molecular formula is C21H27N3O3S2. The van der Waals surface area contributed by atoms with Gasteiger partial charge in [-0.2, -0.15) is 0 Å². The lowest BCUT2D eigenvalue weighted by molar-refractivity contribution is 0.0938. The highest BCUT2D eigenvalue weighted by atomic mass is 32.2. The van der Waals surface area contributed by atoms with Crippen molar-refractivity contribution in [2.45, 2.75) is 38.3 Å². The van der Waals surface area contributed by atoms with Gasteiger partial charge >= 0.3 is 0 Å². The lowest BCUT2D eigenvalue weighted by Gasteiger charge is -2.27. The molecule has 1 aromatic carbocycles. The number of likely N-dealkylation sites (tertiary alicyclic amines) is 1. The van der Waals surface area contributed by atoms with Crippen molar-refractivity contribution in [3.05, 3.63) is 51.7 Å². The van der Waals surface area contributed by atoms with E-state index in [0.29, 0.717) is 24.2 Å². The van der Waals surface area contributed by atoms with Crippen LogP contribution in [0.3, 0.4) is 0 Å². The van der Waals surface area contributed by atoms with E-state index in [1.54, 1.807) is 23.5 Å². The van der Waals surface area contributed by atoms with Crippen LogP contribution in [-0.4, -0.2) is 51.2 Å². The summed E-state index contributed by atoms with van der Waals surface area (Å²) in [6, 6.07) is 9.58. The number of sulfonamides is 1. The zero-order valence-electron chi connectivity index (χ0n) is 16.8. The van der Waals surface area contributed by atoms with Gasteiger partial charge in [0, 0.05) is 23.0 Å². The van der Waals surface area contributed by atoms with Gasteiger partial charge in [-0.3, -0.25) is 14.0 Å². The van der Waals surface area contributed by atoms with Crippen LogP contribution >= 0.6 is 11.3 Å². The summed E-state index contributed by atoms with van der Waals surface area (Å²) in [5.41, 5.74) is 2.17. The number of thiophene rings is 1. The quantitative estimate of drug-likeness (QED) is 0.760. The Morgan fingerprint density at radius 3 is 2.69 bits per heavy atom. The molecule has 0 bridgehead atoms. The summed E-state index contributed by atoms with van der Waals surface area (Å²) >= 11 is 1.73. The fraction of sp³-hybridized carbons (Fsp3) is 0.476. The van der Waals surface area contributed by atoms with E-state index in [1.807, 2.05) is 13.0 Å². The van der Waals surface area contributed by atoms with Crippen LogP contribution in [0.5, 0.6) is 0 Å². The van der Waals surface area contributed by atoms with Gasteiger partial charge in [0.1, 0.15) is 0 Å². The standard InChI is InChI=1S/C21H27N3O3S2/c1-15-12-17-13-16(7-8-18(17)24(15)29(2,26)27)21(25)22-14-19(20-6-5-11-28-20)23-9-3-4-10-23/h5-8,11,13,15,19H,3-4,9-10,12,14H2,1-2H3,(H,22,25)/t15-,19-/m0/s1. The van der Waals surface area contributed by atoms with Gasteiger partial charge in [0.05, 0.1) is 18.0 Å². The van der Waals surface area contributed by atoms with E-state index in [2.05, 4.69) is 27.7 Å². The molecule has 1 saturated heterocycles. The normalized spacial score (nSPS) is 20.6. The van der Waals surface area contributed by atoms with Gasteiger partial charge in [-0.25, -0.2) is 8.42 Å². The van der Waals surface area contributed by atoms with Crippen LogP contribution in [0.1, 0.15) is 46.6 Å². The van der Waals surface area contributed by atoms with E-state index < -0.39 is 10.0 Å². The molecule has 2 aliphatic rings. The molecule has 4 rings (SSSR count). The van der Waals surface area contributed by atoms with E-state index in [-0.39, 0.29) is 18.0 Å². The van der Waals surface area contributed by atoms with Crippen molar-refractivity contribution < 1.29 is 13.2 Å². The summed E-state index contributed by atoms with van der Waals surface area (Å²) in [5.74, 6) is -0.112. The molecule has 1 fully saturated rings.